The van der Waals surface area contributed by atoms with Crippen molar-refractivity contribution in [2.24, 2.45) is 33.2 Å². The van der Waals surface area contributed by atoms with Gasteiger partial charge in [-0.15, -0.1) is 0 Å². The summed E-state index contributed by atoms with van der Waals surface area (Å²) < 4.78 is 6.88. The SMILES string of the molecule is C=C(/C=C\c1c(C)c2ccc(C3CCC(CC/C(=N\OC(=O)c4ccccc4)C(=O)c4ccc5c(c4)c4ccccc4n5CC)CC3)cc2n1CC)C(=O)/C(CCC1CCC(c2ccc3c4cc(C(=O)/C(CCC5CCCCC5)=N/OC(=O)CCCCC)ccc4n(CC)c3c2)CC1)=N/OC(C)=O. The van der Waals surface area contributed by atoms with Crippen LogP contribution in [-0.4, -0.2) is 66.1 Å². The molecular weight excluding hydrogens is 1290 g/mol. The van der Waals surface area contributed by atoms with Crippen LogP contribution in [0.1, 0.15) is 248 Å². The lowest BCUT2D eigenvalue weighted by atomic mass is 9.76. The van der Waals surface area contributed by atoms with E-state index < -0.39 is 17.9 Å². The first kappa shape index (κ1) is 73.1. The molecule has 0 atom stereocenters. The first-order chi connectivity index (χ1) is 50.1. The highest BCUT2D eigenvalue weighted by molar-refractivity contribution is 6.47. The highest BCUT2D eigenvalue weighted by Gasteiger charge is 2.30. The molecule has 0 bridgehead atoms. The van der Waals surface area contributed by atoms with Crippen molar-refractivity contribution in [3.63, 3.8) is 0 Å². The Morgan fingerprint density at radius 2 is 0.961 bits per heavy atom. The number of carbonyl (C=O) groups is 6. The van der Waals surface area contributed by atoms with Gasteiger partial charge in [-0.1, -0.05) is 135 Å². The van der Waals surface area contributed by atoms with E-state index in [4.69, 9.17) is 14.5 Å². The Morgan fingerprint density at radius 3 is 1.53 bits per heavy atom. The molecule has 12 rings (SSSR count). The fourth-order valence-corrected chi connectivity index (χ4v) is 16.7. The fraction of sp³-hybridized carbons (Fsp3) is 0.420. The maximum Gasteiger partial charge on any atom is 0.365 e. The van der Waals surface area contributed by atoms with E-state index >= 15 is 0 Å². The van der Waals surface area contributed by atoms with Crippen molar-refractivity contribution < 1.29 is 43.3 Å². The van der Waals surface area contributed by atoms with Gasteiger partial charge in [0, 0.05) is 110 Å². The number of hydrogen-bond donors (Lipinski definition) is 0. The van der Waals surface area contributed by atoms with Crippen LogP contribution in [0.4, 0.5) is 0 Å². The quantitative estimate of drug-likeness (QED) is 0.00804. The molecule has 3 aromatic heterocycles. The van der Waals surface area contributed by atoms with Crippen molar-refractivity contribution in [3.8, 4) is 0 Å². The van der Waals surface area contributed by atoms with Crippen LogP contribution >= 0.6 is 0 Å². The van der Waals surface area contributed by atoms with Crippen molar-refractivity contribution >= 4 is 113 Å². The topological polar surface area (TPSA) is 182 Å². The molecule has 0 unspecified atom stereocenters. The van der Waals surface area contributed by atoms with Crippen molar-refractivity contribution in [3.05, 3.63) is 185 Å². The first-order valence-corrected chi connectivity index (χ1v) is 38.2. The van der Waals surface area contributed by atoms with E-state index in [-0.39, 0.29) is 40.8 Å². The Labute approximate surface area is 605 Å². The molecule has 3 saturated carbocycles. The van der Waals surface area contributed by atoms with Crippen LogP contribution in [0.2, 0.25) is 0 Å². The zero-order valence-corrected chi connectivity index (χ0v) is 61.1. The largest absolute Gasteiger partial charge is 0.365 e. The van der Waals surface area contributed by atoms with E-state index in [2.05, 4.69) is 119 Å². The molecule has 536 valence electrons. The highest BCUT2D eigenvalue weighted by Crippen LogP contribution is 2.43. The number of aryl methyl sites for hydroxylation is 4. The molecule has 3 heterocycles. The van der Waals surface area contributed by atoms with Gasteiger partial charge >= 0.3 is 17.9 Å². The maximum absolute atomic E-state index is 14.5. The Bertz CT molecular complexity index is 4760. The molecule has 0 radical (unpaired) electrons. The van der Waals surface area contributed by atoms with Gasteiger partial charge < -0.3 is 28.2 Å². The molecule has 0 amide bonds. The Morgan fingerprint density at radius 1 is 0.466 bits per heavy atom. The highest BCUT2D eigenvalue weighted by atomic mass is 16.7. The van der Waals surface area contributed by atoms with E-state index in [0.717, 1.165) is 182 Å². The van der Waals surface area contributed by atoms with E-state index in [1.807, 2.05) is 60.7 Å². The minimum Gasteiger partial charge on any atom is -0.341 e. The number of fused-ring (bicyclic) bond motifs is 7. The zero-order valence-electron chi connectivity index (χ0n) is 61.1. The summed E-state index contributed by atoms with van der Waals surface area (Å²) in [6.45, 7) is 18.4. The average Bonchev–Trinajstić information content (AvgIpc) is 1.62. The van der Waals surface area contributed by atoms with Crippen LogP contribution in [0.25, 0.3) is 60.6 Å². The predicted molar refractivity (Wildman–Crippen MR) is 414 cm³/mol. The van der Waals surface area contributed by atoms with Crippen LogP contribution in [0.5, 0.6) is 0 Å². The summed E-state index contributed by atoms with van der Waals surface area (Å²) in [5.41, 5.74) is 12.6. The lowest BCUT2D eigenvalue weighted by Gasteiger charge is -2.29. The second kappa shape index (κ2) is 34.1. The molecule has 15 heteroatoms. The minimum atomic E-state index is -0.609. The maximum atomic E-state index is 14.5. The molecule has 3 aliphatic carbocycles. The van der Waals surface area contributed by atoms with Gasteiger partial charge in [0.2, 0.25) is 17.3 Å². The van der Waals surface area contributed by atoms with Gasteiger partial charge in [-0.2, -0.15) is 0 Å². The van der Waals surface area contributed by atoms with Gasteiger partial charge in [0.15, 0.2) is 0 Å². The summed E-state index contributed by atoms with van der Waals surface area (Å²) in [6, 6.07) is 42.3. The van der Waals surface area contributed by atoms with Gasteiger partial charge in [-0.3, -0.25) is 14.4 Å². The summed E-state index contributed by atoms with van der Waals surface area (Å²) in [7, 11) is 0. The number of unbranched alkanes of at least 4 members (excludes halogenated alkanes) is 2. The lowest BCUT2D eigenvalue weighted by molar-refractivity contribution is -0.144. The van der Waals surface area contributed by atoms with Gasteiger partial charge in [0.05, 0.1) is 5.56 Å². The van der Waals surface area contributed by atoms with Crippen molar-refractivity contribution in [2.75, 3.05) is 0 Å². The Balaban J connectivity index is 0.663. The molecule has 103 heavy (non-hydrogen) atoms. The molecule has 3 fully saturated rings. The van der Waals surface area contributed by atoms with Crippen molar-refractivity contribution in [2.45, 2.75) is 221 Å². The number of para-hydroxylation sites is 1. The number of rotatable bonds is 30. The van der Waals surface area contributed by atoms with Crippen LogP contribution in [-0.2, 0) is 48.5 Å². The molecule has 6 aromatic carbocycles. The van der Waals surface area contributed by atoms with Crippen LogP contribution in [0, 0.1) is 24.7 Å². The number of aromatic nitrogens is 3. The van der Waals surface area contributed by atoms with Crippen LogP contribution in [0.15, 0.2) is 161 Å². The molecule has 0 spiro atoms. The molecule has 3 aliphatic rings. The lowest BCUT2D eigenvalue weighted by Crippen LogP contribution is -2.20. The van der Waals surface area contributed by atoms with Gasteiger partial charge in [0.1, 0.15) is 17.1 Å². The number of oxime groups is 3. The molecular formula is C88H100N6O9. The second-order valence-corrected chi connectivity index (χ2v) is 29.0. The summed E-state index contributed by atoms with van der Waals surface area (Å²) >= 11 is 0. The smallest absolute Gasteiger partial charge is 0.341 e. The third kappa shape index (κ3) is 16.9. The summed E-state index contributed by atoms with van der Waals surface area (Å²) in [5.74, 6) is -0.413. The summed E-state index contributed by atoms with van der Waals surface area (Å²) in [6.07, 6.45) is 24.1. The minimum absolute atomic E-state index is 0.183. The van der Waals surface area contributed by atoms with Crippen LogP contribution in [0.3, 0.4) is 0 Å². The van der Waals surface area contributed by atoms with E-state index in [0.29, 0.717) is 77.8 Å². The zero-order chi connectivity index (χ0) is 72.1. The standard InChI is InChI=1S/C88H100N6O9/c1-8-12-15-28-84(96)102-90-76(48-34-60-22-16-13-17-23-60)86(98)69-44-52-81-74(54-69)72-46-42-67(56-83(72)94(81)11-4)64-39-30-61(31-40-64)35-47-75(89-101-59(7)95)85(97)57(5)29-50-78-58(6)70-45-41-66(55-82(70)92(78)9-2)63-37-32-62(33-38-63)36-49-77(91-103-88(100)65-24-18-14-19-25-65)87(99)68-43-51-80-73(53-68)71-26-20-21-27-79(71)93(80)10-3/h14,18-21,24-27,29,41-46,50-56,60-64H,5,8-13,15-17,22-23,28,30-40,47-49H2,1-4,6-7H3/b50-29-,89-75+,90-76+,91-77+. The first-order valence-electron chi connectivity index (χ1n) is 38.2. The Hall–Kier alpha value is -9.63. The van der Waals surface area contributed by atoms with Crippen molar-refractivity contribution in [1.82, 2.24) is 13.7 Å². The van der Waals surface area contributed by atoms with E-state index in [1.54, 1.807) is 30.3 Å². The monoisotopic (exact) mass is 1380 g/mol. The number of benzene rings is 6. The molecule has 0 N–H and O–H groups in total. The van der Waals surface area contributed by atoms with E-state index in [1.165, 1.54) is 37.3 Å². The third-order valence-corrected chi connectivity index (χ3v) is 22.6. The second-order valence-electron chi connectivity index (χ2n) is 29.0. The summed E-state index contributed by atoms with van der Waals surface area (Å²) in [4.78, 5) is 97.2. The number of nitrogens with zero attached hydrogens (tertiary/aromatic N) is 6. The number of ketones is 3. The number of carbonyl (C=O) groups excluding carboxylic acids is 6. The molecule has 9 aromatic rings. The van der Waals surface area contributed by atoms with Crippen molar-refractivity contribution in [1.29, 1.82) is 0 Å². The number of Topliss-reactive ketones (excluding diaryl/α,β-unsaturated/α-hetero) is 3. The van der Waals surface area contributed by atoms with Gasteiger partial charge in [0.25, 0.3) is 0 Å². The molecule has 0 saturated heterocycles. The third-order valence-electron chi connectivity index (χ3n) is 22.6. The van der Waals surface area contributed by atoms with Crippen LogP contribution < -0.4 is 0 Å². The van der Waals surface area contributed by atoms with Gasteiger partial charge in [-0.25, -0.2) is 14.4 Å². The van der Waals surface area contributed by atoms with Gasteiger partial charge in [-0.05, 0) is 249 Å². The molecule has 15 nitrogen and oxygen atoms in total. The van der Waals surface area contributed by atoms with E-state index in [9.17, 15) is 28.8 Å². The fourth-order valence-electron chi connectivity index (χ4n) is 16.7. The Kier molecular flexibility index (Phi) is 24.2. The summed E-state index contributed by atoms with van der Waals surface area (Å²) in [5, 5.41) is 18.1. The number of hydrogen-bond acceptors (Lipinski definition) is 12. The number of allylic oxidation sites excluding steroid dienone is 2. The molecule has 0 aliphatic heterocycles. The average molecular weight is 1390 g/mol. The predicted octanol–water partition coefficient (Wildman–Crippen LogP) is 21.2. The normalized spacial score (nSPS) is 18.0.